The van der Waals surface area contributed by atoms with Crippen molar-refractivity contribution in [3.63, 3.8) is 0 Å². The summed E-state index contributed by atoms with van der Waals surface area (Å²) in [5.41, 5.74) is 1.79. The van der Waals surface area contributed by atoms with Crippen LogP contribution in [-0.4, -0.2) is 94.7 Å². The number of carbonyl (C=O) groups is 3. The number of methoxy groups -OCH3 is 1. The van der Waals surface area contributed by atoms with Gasteiger partial charge in [0.25, 0.3) is 5.91 Å². The number of rotatable bonds is 11. The first kappa shape index (κ1) is 31.2. The molecule has 1 aliphatic rings. The highest BCUT2D eigenvalue weighted by molar-refractivity contribution is 5.93. The van der Waals surface area contributed by atoms with Crippen molar-refractivity contribution in [1.29, 1.82) is 0 Å². The SMILES string of the molecule is COCCOCc1c(C(=O)N(CC(C)C)[C@H]2C[C@@H](C=O)CN(C(=O)OC(C)(C)C)C2)nnn1-c1ccccc1C. The number of likely N-dealkylation sites (tertiary alicyclic amines) is 1. The van der Waals surface area contributed by atoms with Gasteiger partial charge in [-0.15, -0.1) is 5.10 Å². The monoisotopic (exact) mass is 557 g/mol. The van der Waals surface area contributed by atoms with Gasteiger partial charge in [-0.1, -0.05) is 37.3 Å². The van der Waals surface area contributed by atoms with Crippen molar-refractivity contribution >= 4 is 18.3 Å². The molecule has 0 saturated carbocycles. The van der Waals surface area contributed by atoms with Gasteiger partial charge in [0.1, 0.15) is 17.6 Å². The number of carbonyl (C=O) groups excluding carboxylic acids is 3. The molecule has 11 heteroatoms. The highest BCUT2D eigenvalue weighted by Gasteiger charge is 2.38. The first-order valence-electron chi connectivity index (χ1n) is 13.8. The molecule has 2 atom stereocenters. The Balaban J connectivity index is 1.98. The molecule has 0 radical (unpaired) electrons. The third kappa shape index (κ3) is 8.11. The summed E-state index contributed by atoms with van der Waals surface area (Å²) in [5, 5.41) is 8.69. The molecule has 0 N–H and O–H groups in total. The van der Waals surface area contributed by atoms with E-state index in [0.717, 1.165) is 17.5 Å². The fourth-order valence-electron chi connectivity index (χ4n) is 4.74. The zero-order chi connectivity index (χ0) is 29.4. The number of amides is 2. The smallest absolute Gasteiger partial charge is 0.410 e. The molecule has 40 heavy (non-hydrogen) atoms. The van der Waals surface area contributed by atoms with Crippen molar-refractivity contribution in [2.75, 3.05) is 40.0 Å². The van der Waals surface area contributed by atoms with Crippen LogP contribution < -0.4 is 0 Å². The third-order valence-electron chi connectivity index (χ3n) is 6.55. The molecule has 2 amide bonds. The summed E-state index contributed by atoms with van der Waals surface area (Å²) in [7, 11) is 1.60. The van der Waals surface area contributed by atoms with Crippen molar-refractivity contribution in [3.8, 4) is 5.69 Å². The van der Waals surface area contributed by atoms with Crippen molar-refractivity contribution in [1.82, 2.24) is 24.8 Å². The van der Waals surface area contributed by atoms with E-state index < -0.39 is 23.7 Å². The molecule has 1 fully saturated rings. The van der Waals surface area contributed by atoms with Crippen molar-refractivity contribution < 1.29 is 28.6 Å². The molecule has 1 aromatic heterocycles. The summed E-state index contributed by atoms with van der Waals surface area (Å²) in [6.45, 7) is 13.2. The second-order valence-corrected chi connectivity index (χ2v) is 11.7. The van der Waals surface area contributed by atoms with Crippen LogP contribution >= 0.6 is 0 Å². The summed E-state index contributed by atoms with van der Waals surface area (Å²) in [6, 6.07) is 7.31. The van der Waals surface area contributed by atoms with E-state index in [4.69, 9.17) is 14.2 Å². The van der Waals surface area contributed by atoms with Gasteiger partial charge >= 0.3 is 6.09 Å². The molecule has 0 spiro atoms. The Kier molecular flexibility index (Phi) is 10.8. The van der Waals surface area contributed by atoms with E-state index >= 15 is 0 Å². The number of hydrogen-bond acceptors (Lipinski definition) is 8. The van der Waals surface area contributed by atoms with Crippen LogP contribution in [0.4, 0.5) is 4.79 Å². The molecule has 0 unspecified atom stereocenters. The number of hydrogen-bond donors (Lipinski definition) is 0. The van der Waals surface area contributed by atoms with Gasteiger partial charge in [-0.2, -0.15) is 0 Å². The van der Waals surface area contributed by atoms with E-state index in [0.29, 0.717) is 31.9 Å². The lowest BCUT2D eigenvalue weighted by Crippen LogP contribution is -2.56. The molecular weight excluding hydrogens is 514 g/mol. The Hall–Kier alpha value is -3.31. The summed E-state index contributed by atoms with van der Waals surface area (Å²) < 4.78 is 18.2. The molecule has 11 nitrogen and oxygen atoms in total. The Labute approximate surface area is 236 Å². The average molecular weight is 558 g/mol. The van der Waals surface area contributed by atoms with E-state index in [1.807, 2.05) is 45.0 Å². The molecule has 1 saturated heterocycles. The lowest BCUT2D eigenvalue weighted by molar-refractivity contribution is -0.113. The number of benzene rings is 1. The van der Waals surface area contributed by atoms with Gasteiger partial charge in [0.2, 0.25) is 0 Å². The number of aromatic nitrogens is 3. The molecular formula is C29H43N5O6. The minimum Gasteiger partial charge on any atom is -0.444 e. The molecule has 220 valence electrons. The van der Waals surface area contributed by atoms with Crippen LogP contribution in [0.2, 0.25) is 0 Å². The maximum atomic E-state index is 14.2. The average Bonchev–Trinajstić information content (AvgIpc) is 3.31. The van der Waals surface area contributed by atoms with Gasteiger partial charge in [0.05, 0.1) is 31.5 Å². The van der Waals surface area contributed by atoms with Crippen LogP contribution in [0.5, 0.6) is 0 Å². The minimum atomic E-state index is -0.681. The van der Waals surface area contributed by atoms with Gasteiger partial charge in [0, 0.05) is 32.7 Å². The molecule has 3 rings (SSSR count). The van der Waals surface area contributed by atoms with Crippen LogP contribution in [0.1, 0.15) is 62.8 Å². The summed E-state index contributed by atoms with van der Waals surface area (Å²) in [6.07, 6.45) is 0.788. The van der Waals surface area contributed by atoms with E-state index in [9.17, 15) is 14.4 Å². The van der Waals surface area contributed by atoms with E-state index in [2.05, 4.69) is 10.3 Å². The minimum absolute atomic E-state index is 0.104. The molecule has 2 heterocycles. The van der Waals surface area contributed by atoms with E-state index in [1.165, 1.54) is 4.90 Å². The fraction of sp³-hybridized carbons (Fsp3) is 0.621. The standard InChI is InChI=1S/C29H43N5O6/c1-20(2)15-33(23-14-22(18-35)16-32(17-23)28(37)40-29(4,5)6)27(36)26-25(19-39-13-12-38-7)34(31-30-26)24-11-9-8-10-21(24)3/h8-11,18,20,22-23H,12-17,19H2,1-7H3/t22-,23+/m1/s1. The predicted octanol–water partition coefficient (Wildman–Crippen LogP) is 3.66. The summed E-state index contributed by atoms with van der Waals surface area (Å²) in [4.78, 5) is 42.4. The van der Waals surface area contributed by atoms with Crippen molar-refractivity contribution in [3.05, 3.63) is 41.2 Å². The topological polar surface area (TPSA) is 116 Å². The second kappa shape index (κ2) is 13.8. The van der Waals surface area contributed by atoms with Crippen LogP contribution in [0.15, 0.2) is 24.3 Å². The number of piperidine rings is 1. The zero-order valence-corrected chi connectivity index (χ0v) is 24.8. The van der Waals surface area contributed by atoms with Crippen LogP contribution in [0, 0.1) is 18.8 Å². The Bertz CT molecular complexity index is 1160. The molecule has 1 aromatic carbocycles. The Morgan fingerprint density at radius 3 is 2.52 bits per heavy atom. The molecule has 1 aliphatic heterocycles. The van der Waals surface area contributed by atoms with Gasteiger partial charge in [-0.3, -0.25) is 4.79 Å². The quantitative estimate of drug-likeness (QED) is 0.304. The number of para-hydroxylation sites is 1. The van der Waals surface area contributed by atoms with Gasteiger partial charge < -0.3 is 28.8 Å². The number of aryl methyl sites for hydroxylation is 1. The molecule has 2 aromatic rings. The lowest BCUT2D eigenvalue weighted by atomic mass is 9.93. The zero-order valence-electron chi connectivity index (χ0n) is 24.8. The number of ether oxygens (including phenoxy) is 3. The first-order chi connectivity index (χ1) is 18.9. The highest BCUT2D eigenvalue weighted by Crippen LogP contribution is 2.26. The van der Waals surface area contributed by atoms with Crippen LogP contribution in [0.25, 0.3) is 5.69 Å². The molecule has 0 bridgehead atoms. The largest absolute Gasteiger partial charge is 0.444 e. The van der Waals surface area contributed by atoms with E-state index in [-0.39, 0.29) is 37.2 Å². The Morgan fingerprint density at radius 1 is 1.18 bits per heavy atom. The lowest BCUT2D eigenvalue weighted by Gasteiger charge is -2.42. The highest BCUT2D eigenvalue weighted by atomic mass is 16.6. The normalized spacial score (nSPS) is 17.6. The first-order valence-corrected chi connectivity index (χ1v) is 13.8. The molecule has 0 aliphatic carbocycles. The summed E-state index contributed by atoms with van der Waals surface area (Å²) in [5.74, 6) is -0.615. The van der Waals surface area contributed by atoms with Gasteiger partial charge in [-0.05, 0) is 51.7 Å². The fourth-order valence-corrected chi connectivity index (χ4v) is 4.74. The maximum absolute atomic E-state index is 14.2. The summed E-state index contributed by atoms with van der Waals surface area (Å²) >= 11 is 0. The van der Waals surface area contributed by atoms with Gasteiger partial charge in [-0.25, -0.2) is 9.48 Å². The van der Waals surface area contributed by atoms with Crippen molar-refractivity contribution in [2.45, 2.75) is 66.2 Å². The van der Waals surface area contributed by atoms with E-state index in [1.54, 1.807) is 37.5 Å². The maximum Gasteiger partial charge on any atom is 0.410 e. The Morgan fingerprint density at radius 2 is 1.90 bits per heavy atom. The van der Waals surface area contributed by atoms with Gasteiger partial charge in [0.15, 0.2) is 5.69 Å². The second-order valence-electron chi connectivity index (χ2n) is 11.7. The van der Waals surface area contributed by atoms with Crippen molar-refractivity contribution in [2.24, 2.45) is 11.8 Å². The predicted molar refractivity (Wildman–Crippen MR) is 149 cm³/mol. The van der Waals surface area contributed by atoms with Crippen LogP contribution in [0.3, 0.4) is 0 Å². The number of aldehydes is 1. The third-order valence-corrected chi connectivity index (χ3v) is 6.55. The number of nitrogens with zero attached hydrogens (tertiary/aromatic N) is 5. The van der Waals surface area contributed by atoms with Crippen LogP contribution in [-0.2, 0) is 25.6 Å².